The van der Waals surface area contributed by atoms with Gasteiger partial charge in [0.2, 0.25) is 0 Å². The lowest BCUT2D eigenvalue weighted by atomic mass is 10.5. The fourth-order valence-corrected chi connectivity index (χ4v) is 2.90. The molecule has 0 aromatic carbocycles. The number of hydrogen-bond donors (Lipinski definition) is 0. The average Bonchev–Trinajstić information content (AvgIpc) is 2.12. The molecule has 0 amide bonds. The van der Waals surface area contributed by atoms with Crippen molar-refractivity contribution in [2.45, 2.75) is 59.9 Å². The molecular formula is C11H21N2O5P. The van der Waals surface area contributed by atoms with Gasteiger partial charge in [-0.15, -0.1) is 4.79 Å². The van der Waals surface area contributed by atoms with Gasteiger partial charge in [0.15, 0.2) is 0 Å². The minimum Gasteiger partial charge on any atom is -0.454 e. The van der Waals surface area contributed by atoms with Crippen molar-refractivity contribution in [3.8, 4) is 0 Å². The Bertz CT molecular complexity index is 399. The molecule has 0 aliphatic rings. The standard InChI is InChI=1S/C11H21N2O5P/c1-7(2)16-11(14)10(13-12)19(15,17-8(3)4)18-9(5)6/h7-9H,1-6H3. The third-order valence-electron chi connectivity index (χ3n) is 1.58. The number of rotatable bonds is 7. The van der Waals surface area contributed by atoms with Gasteiger partial charge in [-0.3, -0.25) is 9.05 Å². The molecule has 0 atom stereocenters. The van der Waals surface area contributed by atoms with E-state index in [4.69, 9.17) is 19.3 Å². The van der Waals surface area contributed by atoms with Crippen LogP contribution in [0.3, 0.4) is 0 Å². The molecule has 0 bridgehead atoms. The second kappa shape index (κ2) is 7.56. The van der Waals surface area contributed by atoms with Gasteiger partial charge in [-0.25, -0.2) is 9.36 Å². The molecule has 0 saturated heterocycles. The number of esters is 1. The van der Waals surface area contributed by atoms with Gasteiger partial charge >= 0.3 is 19.0 Å². The third kappa shape index (κ3) is 6.12. The lowest BCUT2D eigenvalue weighted by molar-refractivity contribution is -0.143. The summed E-state index contributed by atoms with van der Waals surface area (Å²) in [6.45, 7) is 9.73. The summed E-state index contributed by atoms with van der Waals surface area (Å²) in [6, 6.07) is 0. The zero-order valence-corrected chi connectivity index (χ0v) is 13.0. The number of carbonyl (C=O) groups excluding carboxylic acids is 1. The minimum atomic E-state index is -4.03. The molecule has 0 aromatic rings. The molecule has 19 heavy (non-hydrogen) atoms. The van der Waals surface area contributed by atoms with Gasteiger partial charge in [-0.05, 0) is 41.5 Å². The normalized spacial score (nSPS) is 11.8. The van der Waals surface area contributed by atoms with Crippen LogP contribution in [0.2, 0.25) is 0 Å². The van der Waals surface area contributed by atoms with E-state index in [1.165, 1.54) is 0 Å². The Kier molecular flexibility index (Phi) is 7.16. The van der Waals surface area contributed by atoms with Crippen molar-refractivity contribution >= 4 is 19.0 Å². The summed E-state index contributed by atoms with van der Waals surface area (Å²) >= 11 is 0. The Labute approximate surface area is 113 Å². The predicted molar refractivity (Wildman–Crippen MR) is 69.9 cm³/mol. The number of nitrogens with zero attached hydrogens (tertiary/aromatic N) is 2. The first kappa shape index (κ1) is 18.0. The van der Waals surface area contributed by atoms with Crippen LogP contribution in [0.4, 0.5) is 0 Å². The van der Waals surface area contributed by atoms with Crippen LogP contribution in [-0.2, 0) is 23.1 Å². The zero-order valence-electron chi connectivity index (χ0n) is 12.1. The van der Waals surface area contributed by atoms with Crippen LogP contribution in [0.25, 0.3) is 5.53 Å². The lowest BCUT2D eigenvalue weighted by Gasteiger charge is -2.18. The Hall–Kier alpha value is -1.00. The molecule has 0 aromatic heterocycles. The van der Waals surface area contributed by atoms with E-state index in [2.05, 4.69) is 4.79 Å². The highest BCUT2D eigenvalue weighted by molar-refractivity contribution is 7.74. The summed E-state index contributed by atoms with van der Waals surface area (Å²) in [5, 5.41) is 0. The Morgan fingerprint density at radius 3 is 1.68 bits per heavy atom. The first-order chi connectivity index (χ1) is 8.62. The highest BCUT2D eigenvalue weighted by Crippen LogP contribution is 2.51. The fraction of sp³-hybridized carbons (Fsp3) is 0.818. The second-order valence-corrected chi connectivity index (χ2v) is 6.52. The summed E-state index contributed by atoms with van der Waals surface area (Å²) in [7, 11) is -4.03. The van der Waals surface area contributed by atoms with E-state index in [-0.39, 0.29) is 0 Å². The topological polar surface area (TPSA) is 98.2 Å². The second-order valence-electron chi connectivity index (χ2n) is 4.68. The van der Waals surface area contributed by atoms with Crippen LogP contribution in [-0.4, -0.2) is 34.5 Å². The van der Waals surface area contributed by atoms with Crippen LogP contribution in [0, 0.1) is 0 Å². The summed E-state index contributed by atoms with van der Waals surface area (Å²) in [6.07, 6.45) is -1.41. The quantitative estimate of drug-likeness (QED) is 0.236. The van der Waals surface area contributed by atoms with Crippen molar-refractivity contribution < 1.29 is 27.9 Å². The minimum absolute atomic E-state index is 0.448. The Morgan fingerprint density at radius 2 is 1.42 bits per heavy atom. The molecule has 0 N–H and O–H groups in total. The molecule has 0 heterocycles. The van der Waals surface area contributed by atoms with Gasteiger partial charge in [0.05, 0.1) is 18.3 Å². The number of carbonyl (C=O) groups is 1. The van der Waals surface area contributed by atoms with Crippen molar-refractivity contribution in [3.05, 3.63) is 5.53 Å². The van der Waals surface area contributed by atoms with Crippen molar-refractivity contribution in [3.63, 3.8) is 0 Å². The van der Waals surface area contributed by atoms with Crippen molar-refractivity contribution in [2.75, 3.05) is 0 Å². The summed E-state index contributed by atoms with van der Waals surface area (Å²) < 4.78 is 27.7. The maximum atomic E-state index is 12.6. The van der Waals surface area contributed by atoms with E-state index in [1.54, 1.807) is 41.5 Å². The van der Waals surface area contributed by atoms with Gasteiger partial charge in [-0.1, -0.05) is 0 Å². The van der Waals surface area contributed by atoms with Crippen LogP contribution in [0.1, 0.15) is 41.5 Å². The van der Waals surface area contributed by atoms with Gasteiger partial charge in [0.1, 0.15) is 0 Å². The molecule has 8 heteroatoms. The maximum Gasteiger partial charge on any atom is 0.484 e. The van der Waals surface area contributed by atoms with Gasteiger partial charge < -0.3 is 10.3 Å². The van der Waals surface area contributed by atoms with E-state index in [1.807, 2.05) is 0 Å². The molecule has 0 fully saturated rings. The van der Waals surface area contributed by atoms with Crippen molar-refractivity contribution in [1.82, 2.24) is 0 Å². The smallest absolute Gasteiger partial charge is 0.454 e. The predicted octanol–water partition coefficient (Wildman–Crippen LogP) is 2.61. The van der Waals surface area contributed by atoms with E-state index in [0.717, 1.165) is 0 Å². The Morgan fingerprint density at radius 1 is 1.00 bits per heavy atom. The summed E-state index contributed by atoms with van der Waals surface area (Å²) in [4.78, 5) is 14.5. The molecule has 0 aliphatic heterocycles. The van der Waals surface area contributed by atoms with E-state index >= 15 is 0 Å². The van der Waals surface area contributed by atoms with E-state index < -0.39 is 37.3 Å². The first-order valence-electron chi connectivity index (χ1n) is 6.02. The van der Waals surface area contributed by atoms with Crippen molar-refractivity contribution in [2.24, 2.45) is 0 Å². The third-order valence-corrected chi connectivity index (χ3v) is 3.77. The van der Waals surface area contributed by atoms with Gasteiger partial charge in [-0.2, -0.15) is 0 Å². The van der Waals surface area contributed by atoms with Gasteiger partial charge in [0, 0.05) is 0 Å². The van der Waals surface area contributed by atoms with Crippen LogP contribution in [0.5, 0.6) is 0 Å². The number of hydrogen-bond acceptors (Lipinski definition) is 5. The molecule has 0 saturated carbocycles. The van der Waals surface area contributed by atoms with Crippen molar-refractivity contribution in [1.29, 1.82) is 0 Å². The van der Waals surface area contributed by atoms with E-state index in [0.29, 0.717) is 0 Å². The monoisotopic (exact) mass is 292 g/mol. The summed E-state index contributed by atoms with van der Waals surface area (Å²) in [5.74, 6) is -1.03. The molecule has 0 radical (unpaired) electrons. The van der Waals surface area contributed by atoms with Gasteiger partial charge in [0.25, 0.3) is 0 Å². The first-order valence-corrected chi connectivity index (χ1v) is 7.57. The van der Waals surface area contributed by atoms with Crippen LogP contribution >= 0.6 is 7.60 Å². The molecule has 110 valence electrons. The average molecular weight is 292 g/mol. The summed E-state index contributed by atoms with van der Waals surface area (Å²) in [5.41, 5.74) is 8.18. The van der Waals surface area contributed by atoms with E-state index in [9.17, 15) is 9.36 Å². The largest absolute Gasteiger partial charge is 0.484 e. The fourth-order valence-electron chi connectivity index (χ4n) is 1.15. The Balaban J connectivity index is 5.38. The highest BCUT2D eigenvalue weighted by atomic mass is 31.2. The molecule has 0 unspecified atom stereocenters. The maximum absolute atomic E-state index is 12.6. The number of ether oxygens (including phenoxy) is 1. The zero-order chi connectivity index (χ0) is 15.2. The molecule has 0 aliphatic carbocycles. The SMILES string of the molecule is CC(C)OC(=O)C(=[N+]=[N-])P(=O)(OC(C)C)OC(C)C. The van der Waals surface area contributed by atoms with Crippen LogP contribution in [0.15, 0.2) is 0 Å². The highest BCUT2D eigenvalue weighted by Gasteiger charge is 2.49. The molecular weight excluding hydrogens is 271 g/mol. The molecule has 0 rings (SSSR count). The van der Waals surface area contributed by atoms with Crippen LogP contribution < -0.4 is 0 Å². The molecule has 7 nitrogen and oxygen atoms in total. The lowest BCUT2D eigenvalue weighted by Crippen LogP contribution is -2.26. The molecule has 0 spiro atoms.